The highest BCUT2D eigenvalue weighted by Gasteiger charge is 2.41. The van der Waals surface area contributed by atoms with Crippen LogP contribution in [0.1, 0.15) is 22.7 Å². The Balaban J connectivity index is 1.79. The first-order chi connectivity index (χ1) is 13.1. The van der Waals surface area contributed by atoms with Gasteiger partial charge >= 0.3 is 0 Å². The molecular formula is C22H17FN2O2. The van der Waals surface area contributed by atoms with E-state index in [0.717, 1.165) is 16.7 Å². The molecule has 1 aliphatic heterocycles. The lowest BCUT2D eigenvalue weighted by molar-refractivity contribution is -0.130. The molecule has 3 aromatic rings. The van der Waals surface area contributed by atoms with Gasteiger partial charge in [-0.3, -0.25) is 9.78 Å². The molecule has 0 radical (unpaired) electrons. The summed E-state index contributed by atoms with van der Waals surface area (Å²) in [6, 6.07) is 18.5. The zero-order valence-corrected chi connectivity index (χ0v) is 14.4. The van der Waals surface area contributed by atoms with Crippen molar-refractivity contribution in [3.8, 4) is 0 Å². The maximum absolute atomic E-state index is 13.2. The van der Waals surface area contributed by atoms with Crippen LogP contribution in [0.3, 0.4) is 0 Å². The summed E-state index contributed by atoms with van der Waals surface area (Å²) in [6.45, 7) is 0.249. The summed E-state index contributed by atoms with van der Waals surface area (Å²) in [6.07, 6.45) is 3.35. The molecule has 0 bridgehead atoms. The molecule has 1 N–H and O–H groups in total. The van der Waals surface area contributed by atoms with E-state index in [9.17, 15) is 14.3 Å². The van der Waals surface area contributed by atoms with Gasteiger partial charge < -0.3 is 10.0 Å². The summed E-state index contributed by atoms with van der Waals surface area (Å²) in [7, 11) is 0. The van der Waals surface area contributed by atoms with E-state index < -0.39 is 11.9 Å². The zero-order chi connectivity index (χ0) is 18.8. The van der Waals surface area contributed by atoms with E-state index in [1.807, 2.05) is 36.4 Å². The number of aromatic nitrogens is 1. The molecule has 0 fully saturated rings. The summed E-state index contributed by atoms with van der Waals surface area (Å²) in [5.41, 5.74) is 2.91. The van der Waals surface area contributed by atoms with Crippen LogP contribution in [0.4, 0.5) is 4.39 Å². The molecule has 1 amide bonds. The molecule has 0 saturated heterocycles. The van der Waals surface area contributed by atoms with Crippen molar-refractivity contribution in [1.29, 1.82) is 0 Å². The molecule has 134 valence electrons. The number of carbonyl (C=O) groups excluding carboxylic acids is 1. The Morgan fingerprint density at radius 1 is 1.00 bits per heavy atom. The standard InChI is InChI=1S/C22H17FN2O2/c23-18-10-8-15(9-11-18)14-25-20(17-7-4-12-24-13-17)19(21(26)22(25)27)16-5-2-1-3-6-16/h1-13,20,26H,14H2/t20-/m1/s1. The molecule has 4 rings (SSSR count). The molecule has 1 aliphatic rings. The summed E-state index contributed by atoms with van der Waals surface area (Å²) < 4.78 is 13.2. The molecule has 0 saturated carbocycles. The number of rotatable bonds is 4. The molecular weight excluding hydrogens is 343 g/mol. The van der Waals surface area contributed by atoms with Gasteiger partial charge in [-0.15, -0.1) is 0 Å². The van der Waals surface area contributed by atoms with Crippen LogP contribution in [0.5, 0.6) is 0 Å². The van der Waals surface area contributed by atoms with E-state index >= 15 is 0 Å². The van der Waals surface area contributed by atoms with Crippen molar-refractivity contribution in [2.24, 2.45) is 0 Å². The molecule has 4 nitrogen and oxygen atoms in total. The van der Waals surface area contributed by atoms with Crippen molar-refractivity contribution in [1.82, 2.24) is 9.88 Å². The first kappa shape index (κ1) is 17.0. The fourth-order valence-corrected chi connectivity index (χ4v) is 3.40. The van der Waals surface area contributed by atoms with Crippen molar-refractivity contribution < 1.29 is 14.3 Å². The average molecular weight is 360 g/mol. The summed E-state index contributed by atoms with van der Waals surface area (Å²) in [5, 5.41) is 10.6. The lowest BCUT2D eigenvalue weighted by atomic mass is 9.94. The number of carbonyl (C=O) groups is 1. The second-order valence-electron chi connectivity index (χ2n) is 6.38. The predicted molar refractivity (Wildman–Crippen MR) is 99.9 cm³/mol. The highest BCUT2D eigenvalue weighted by molar-refractivity contribution is 6.05. The van der Waals surface area contributed by atoms with Gasteiger partial charge in [0, 0.05) is 24.5 Å². The number of aliphatic hydroxyl groups excluding tert-OH is 1. The smallest absolute Gasteiger partial charge is 0.290 e. The minimum Gasteiger partial charge on any atom is -0.503 e. The van der Waals surface area contributed by atoms with Crippen LogP contribution in [-0.2, 0) is 11.3 Å². The lowest BCUT2D eigenvalue weighted by Gasteiger charge is -2.27. The van der Waals surface area contributed by atoms with Crippen LogP contribution in [0, 0.1) is 5.82 Å². The van der Waals surface area contributed by atoms with Crippen LogP contribution >= 0.6 is 0 Å². The maximum atomic E-state index is 13.2. The Labute approximate surface area is 156 Å². The summed E-state index contributed by atoms with van der Waals surface area (Å²) >= 11 is 0. The van der Waals surface area contributed by atoms with Gasteiger partial charge in [0.1, 0.15) is 5.82 Å². The van der Waals surface area contributed by atoms with Gasteiger partial charge in [0.25, 0.3) is 5.91 Å². The van der Waals surface area contributed by atoms with Gasteiger partial charge in [-0.25, -0.2) is 4.39 Å². The second kappa shape index (κ2) is 7.03. The molecule has 0 spiro atoms. The summed E-state index contributed by atoms with van der Waals surface area (Å²) in [4.78, 5) is 18.6. The van der Waals surface area contributed by atoms with E-state index in [-0.39, 0.29) is 18.1 Å². The van der Waals surface area contributed by atoms with Crippen LogP contribution < -0.4 is 0 Å². The molecule has 0 unspecified atom stereocenters. The van der Waals surface area contributed by atoms with Gasteiger partial charge in [-0.05, 0) is 34.9 Å². The molecule has 5 heteroatoms. The predicted octanol–water partition coefficient (Wildman–Crippen LogP) is 4.27. The zero-order valence-electron chi connectivity index (χ0n) is 14.4. The van der Waals surface area contributed by atoms with E-state index in [1.165, 1.54) is 12.1 Å². The van der Waals surface area contributed by atoms with Crippen molar-refractivity contribution in [3.05, 3.63) is 107 Å². The van der Waals surface area contributed by atoms with Crippen molar-refractivity contribution in [3.63, 3.8) is 0 Å². The van der Waals surface area contributed by atoms with Crippen LogP contribution in [-0.4, -0.2) is 20.9 Å². The Morgan fingerprint density at radius 3 is 2.41 bits per heavy atom. The molecule has 2 aromatic carbocycles. The molecule has 27 heavy (non-hydrogen) atoms. The Hall–Kier alpha value is -3.47. The molecule has 1 atom stereocenters. The van der Waals surface area contributed by atoms with Crippen molar-refractivity contribution in [2.45, 2.75) is 12.6 Å². The normalized spacial score (nSPS) is 16.9. The highest BCUT2D eigenvalue weighted by Crippen LogP contribution is 2.43. The van der Waals surface area contributed by atoms with Gasteiger partial charge in [-0.1, -0.05) is 48.5 Å². The summed E-state index contributed by atoms with van der Waals surface area (Å²) in [5.74, 6) is -1.05. The third-order valence-corrected chi connectivity index (χ3v) is 4.65. The van der Waals surface area contributed by atoms with Gasteiger partial charge in [0.15, 0.2) is 5.76 Å². The van der Waals surface area contributed by atoms with Crippen LogP contribution in [0.2, 0.25) is 0 Å². The van der Waals surface area contributed by atoms with Gasteiger partial charge in [0.2, 0.25) is 0 Å². The van der Waals surface area contributed by atoms with Crippen LogP contribution in [0.15, 0.2) is 84.9 Å². The first-order valence-electron chi connectivity index (χ1n) is 8.59. The number of benzene rings is 2. The minimum absolute atomic E-state index is 0.249. The fourth-order valence-electron chi connectivity index (χ4n) is 3.40. The average Bonchev–Trinajstić information content (AvgIpc) is 2.96. The topological polar surface area (TPSA) is 53.4 Å². The van der Waals surface area contributed by atoms with Crippen molar-refractivity contribution >= 4 is 11.5 Å². The number of hydrogen-bond acceptors (Lipinski definition) is 3. The van der Waals surface area contributed by atoms with E-state index in [0.29, 0.717) is 5.57 Å². The number of aliphatic hydroxyl groups is 1. The lowest BCUT2D eigenvalue weighted by Crippen LogP contribution is -2.29. The van der Waals surface area contributed by atoms with Crippen LogP contribution in [0.25, 0.3) is 5.57 Å². The second-order valence-corrected chi connectivity index (χ2v) is 6.38. The van der Waals surface area contributed by atoms with E-state index in [1.54, 1.807) is 35.5 Å². The number of pyridine rings is 1. The largest absolute Gasteiger partial charge is 0.503 e. The third-order valence-electron chi connectivity index (χ3n) is 4.65. The Kier molecular flexibility index (Phi) is 4.42. The van der Waals surface area contributed by atoms with Gasteiger partial charge in [0.05, 0.1) is 6.04 Å². The number of hydrogen-bond donors (Lipinski definition) is 1. The monoisotopic (exact) mass is 360 g/mol. The Morgan fingerprint density at radius 2 is 1.74 bits per heavy atom. The minimum atomic E-state index is -0.473. The Bertz CT molecular complexity index is 986. The molecule has 0 aliphatic carbocycles. The maximum Gasteiger partial charge on any atom is 0.290 e. The highest BCUT2D eigenvalue weighted by atomic mass is 19.1. The SMILES string of the molecule is O=C1C(O)=C(c2ccccc2)[C@@H](c2cccnc2)N1Cc1ccc(F)cc1. The van der Waals surface area contributed by atoms with E-state index in [4.69, 9.17) is 0 Å². The number of amides is 1. The van der Waals surface area contributed by atoms with Gasteiger partial charge in [-0.2, -0.15) is 0 Å². The van der Waals surface area contributed by atoms with Crippen molar-refractivity contribution in [2.75, 3.05) is 0 Å². The first-order valence-corrected chi connectivity index (χ1v) is 8.59. The number of nitrogens with zero attached hydrogens (tertiary/aromatic N) is 2. The third kappa shape index (κ3) is 3.19. The molecule has 1 aromatic heterocycles. The van der Waals surface area contributed by atoms with E-state index in [2.05, 4.69) is 4.98 Å². The fraction of sp³-hybridized carbons (Fsp3) is 0.0909. The quantitative estimate of drug-likeness (QED) is 0.756. The number of halogens is 1. The molecule has 2 heterocycles.